The van der Waals surface area contributed by atoms with E-state index in [2.05, 4.69) is 64.3 Å². The van der Waals surface area contributed by atoms with Crippen LogP contribution >= 0.6 is 0 Å². The molecule has 2 atom stereocenters. The molecule has 0 saturated heterocycles. The fraction of sp³-hybridized carbons (Fsp3) is 0.585. The highest BCUT2D eigenvalue weighted by Gasteiger charge is 2.31. The lowest BCUT2D eigenvalue weighted by atomic mass is 9.84. The van der Waals surface area contributed by atoms with Gasteiger partial charge in [0.2, 0.25) is 0 Å². The number of imidazole rings is 1. The molecule has 1 fully saturated rings. The van der Waals surface area contributed by atoms with E-state index in [0.29, 0.717) is 41.7 Å². The van der Waals surface area contributed by atoms with Crippen LogP contribution in [0.15, 0.2) is 42.5 Å². The van der Waals surface area contributed by atoms with E-state index in [0.717, 1.165) is 60.0 Å². The van der Waals surface area contributed by atoms with Crippen molar-refractivity contribution < 1.29 is 18.3 Å². The van der Waals surface area contributed by atoms with Gasteiger partial charge in [-0.05, 0) is 133 Å². The third kappa shape index (κ3) is 12.4. The molecule has 7 heteroatoms. The van der Waals surface area contributed by atoms with Crippen molar-refractivity contribution in [3.63, 3.8) is 0 Å². The number of fused-ring (bicyclic) bond motifs is 1. The maximum absolute atomic E-state index is 12.2. The van der Waals surface area contributed by atoms with Gasteiger partial charge in [0.1, 0.15) is 11.6 Å². The van der Waals surface area contributed by atoms with E-state index in [9.17, 15) is 13.6 Å². The number of nitrogens with one attached hydrogen (secondary N) is 1. The number of benzene rings is 2. The predicted molar refractivity (Wildman–Crippen MR) is 198 cm³/mol. The Hall–Kier alpha value is -3.19. The van der Waals surface area contributed by atoms with Crippen molar-refractivity contribution in [1.29, 1.82) is 5.41 Å². The second-order valence-corrected chi connectivity index (χ2v) is 14.3. The summed E-state index contributed by atoms with van der Waals surface area (Å²) in [5.41, 5.74) is 5.76. The maximum Gasteiger partial charge on any atom is 0.159 e. The summed E-state index contributed by atoms with van der Waals surface area (Å²) in [6.45, 7) is 22.3. The second-order valence-electron chi connectivity index (χ2n) is 14.3. The summed E-state index contributed by atoms with van der Waals surface area (Å²) in [4.78, 5) is 14.8. The number of hydrogen-bond donors (Lipinski definition) is 1. The average molecular weight is 666 g/mol. The summed E-state index contributed by atoms with van der Waals surface area (Å²) < 4.78 is 33.1. The summed E-state index contributed by atoms with van der Waals surface area (Å²) in [7, 11) is 0. The lowest BCUT2D eigenvalue weighted by molar-refractivity contribution is -0.115. The lowest BCUT2D eigenvalue weighted by Gasteiger charge is -2.33. The highest BCUT2D eigenvalue weighted by atomic mass is 19.2. The molecule has 4 rings (SSSR count). The highest BCUT2D eigenvalue weighted by Crippen LogP contribution is 2.40. The summed E-state index contributed by atoms with van der Waals surface area (Å²) in [5, 5.41) is 8.21. The Morgan fingerprint density at radius 2 is 1.60 bits per heavy atom. The van der Waals surface area contributed by atoms with E-state index in [4.69, 9.17) is 15.1 Å². The number of hydrogen-bond acceptors (Lipinski definition) is 4. The minimum atomic E-state index is -0.791. The Morgan fingerprint density at radius 1 is 0.979 bits per heavy atom. The molecule has 0 bridgehead atoms. The molecule has 48 heavy (non-hydrogen) atoms. The Labute approximate surface area is 289 Å². The number of carbonyl (C=O) groups is 1. The number of halogens is 2. The van der Waals surface area contributed by atoms with Crippen molar-refractivity contribution in [2.45, 2.75) is 145 Å². The number of ketones is 1. The Balaban J connectivity index is 0.000000514. The SMILES string of the molecule is C/C=C(/C(C)=N)c1ccc2c(c1)nc(C(CCC(C)C)[C@H](C)CC)n2C1CCC(OC(C)C)CC1.CC(C)=O.Cc1ccc(F)c(F)c1. The zero-order valence-corrected chi connectivity index (χ0v) is 31.4. The Bertz CT molecular complexity index is 1490. The van der Waals surface area contributed by atoms with E-state index in [1.165, 1.54) is 50.5 Å². The van der Waals surface area contributed by atoms with E-state index in [1.54, 1.807) is 6.92 Å². The molecule has 1 unspecified atom stereocenters. The summed E-state index contributed by atoms with van der Waals surface area (Å²) in [5.74, 6) is 1.64. The van der Waals surface area contributed by atoms with Crippen LogP contribution in [0.1, 0.15) is 143 Å². The molecule has 1 heterocycles. The number of allylic oxidation sites excluding steroid dienone is 2. The van der Waals surface area contributed by atoms with Gasteiger partial charge in [-0.25, -0.2) is 13.8 Å². The van der Waals surface area contributed by atoms with Crippen molar-refractivity contribution >= 4 is 28.1 Å². The molecule has 266 valence electrons. The summed E-state index contributed by atoms with van der Waals surface area (Å²) >= 11 is 0. The van der Waals surface area contributed by atoms with Gasteiger partial charge in [0.15, 0.2) is 11.6 Å². The smallest absolute Gasteiger partial charge is 0.159 e. The largest absolute Gasteiger partial charge is 0.376 e. The number of rotatable bonds is 11. The van der Waals surface area contributed by atoms with Gasteiger partial charge >= 0.3 is 0 Å². The van der Waals surface area contributed by atoms with Crippen molar-refractivity contribution in [2.24, 2.45) is 11.8 Å². The van der Waals surface area contributed by atoms with Gasteiger partial charge in [0.05, 0.1) is 23.2 Å². The lowest BCUT2D eigenvalue weighted by Crippen LogP contribution is -2.27. The van der Waals surface area contributed by atoms with Crippen molar-refractivity contribution in [2.75, 3.05) is 0 Å². The van der Waals surface area contributed by atoms with Gasteiger partial charge in [0.25, 0.3) is 0 Å². The van der Waals surface area contributed by atoms with Gasteiger partial charge in [-0.2, -0.15) is 0 Å². The van der Waals surface area contributed by atoms with Crippen LogP contribution in [0.2, 0.25) is 0 Å². The van der Waals surface area contributed by atoms with Crippen molar-refractivity contribution in [1.82, 2.24) is 9.55 Å². The van der Waals surface area contributed by atoms with Crippen molar-refractivity contribution in [3.05, 3.63) is 71.1 Å². The van der Waals surface area contributed by atoms with E-state index in [1.807, 2.05) is 19.9 Å². The molecule has 0 spiro atoms. The van der Waals surface area contributed by atoms with Gasteiger partial charge in [-0.3, -0.25) is 0 Å². The van der Waals surface area contributed by atoms with Gasteiger partial charge < -0.3 is 19.5 Å². The first-order valence-corrected chi connectivity index (χ1v) is 17.9. The van der Waals surface area contributed by atoms with Crippen LogP contribution in [-0.2, 0) is 9.53 Å². The molecule has 1 aromatic heterocycles. The first-order chi connectivity index (χ1) is 22.6. The molecular formula is C41H61F2N3O2. The van der Waals surface area contributed by atoms with Gasteiger partial charge in [0, 0.05) is 17.7 Å². The van der Waals surface area contributed by atoms with Gasteiger partial charge in [-0.15, -0.1) is 0 Å². The molecule has 3 aromatic rings. The van der Waals surface area contributed by atoms with E-state index >= 15 is 0 Å². The van der Waals surface area contributed by atoms with Crippen LogP contribution in [0, 0.1) is 35.8 Å². The predicted octanol–water partition coefficient (Wildman–Crippen LogP) is 11.8. The highest BCUT2D eigenvalue weighted by molar-refractivity contribution is 6.21. The number of Topliss-reactive ketones (excluding diaryl/α,β-unsaturated/α-hetero) is 1. The zero-order valence-electron chi connectivity index (χ0n) is 31.4. The summed E-state index contributed by atoms with van der Waals surface area (Å²) in [6, 6.07) is 11.0. The molecule has 1 aliphatic carbocycles. The van der Waals surface area contributed by atoms with Crippen molar-refractivity contribution in [3.8, 4) is 0 Å². The minimum Gasteiger partial charge on any atom is -0.376 e. The van der Waals surface area contributed by atoms with Crippen LogP contribution in [0.3, 0.4) is 0 Å². The fourth-order valence-electron chi connectivity index (χ4n) is 6.42. The number of nitrogens with zero attached hydrogens (tertiary/aromatic N) is 2. The van der Waals surface area contributed by atoms with Crippen LogP contribution in [0.4, 0.5) is 8.78 Å². The molecule has 2 aromatic carbocycles. The number of aromatic nitrogens is 2. The third-order valence-corrected chi connectivity index (χ3v) is 8.99. The molecule has 1 aliphatic rings. The van der Waals surface area contributed by atoms with Crippen LogP contribution < -0.4 is 0 Å². The molecule has 0 aliphatic heterocycles. The molecule has 0 amide bonds. The monoisotopic (exact) mass is 665 g/mol. The number of ether oxygens (including phenoxy) is 1. The average Bonchev–Trinajstić information content (AvgIpc) is 3.37. The first-order valence-electron chi connectivity index (χ1n) is 17.9. The second kappa shape index (κ2) is 19.7. The van der Waals surface area contributed by atoms with Crippen LogP contribution in [-0.4, -0.2) is 33.3 Å². The molecule has 0 radical (unpaired) electrons. The van der Waals surface area contributed by atoms with Crippen LogP contribution in [0.25, 0.3) is 16.6 Å². The molecule has 1 saturated carbocycles. The summed E-state index contributed by atoms with van der Waals surface area (Å²) in [6.07, 6.45) is 10.8. The maximum atomic E-state index is 12.2. The topological polar surface area (TPSA) is 68.0 Å². The fourth-order valence-corrected chi connectivity index (χ4v) is 6.42. The number of carbonyl (C=O) groups excluding carboxylic acids is 1. The van der Waals surface area contributed by atoms with E-state index < -0.39 is 11.6 Å². The normalized spacial score (nSPS) is 17.8. The first kappa shape index (κ1) is 41.0. The Kier molecular flexibility index (Phi) is 16.8. The van der Waals surface area contributed by atoms with E-state index in [-0.39, 0.29) is 5.78 Å². The molecule has 5 nitrogen and oxygen atoms in total. The number of aryl methyl sites for hydroxylation is 1. The quantitative estimate of drug-likeness (QED) is 0.207. The van der Waals surface area contributed by atoms with Gasteiger partial charge in [-0.1, -0.05) is 58.7 Å². The molecular weight excluding hydrogens is 604 g/mol. The Morgan fingerprint density at radius 3 is 2.08 bits per heavy atom. The van der Waals surface area contributed by atoms with Crippen LogP contribution in [0.5, 0.6) is 0 Å². The standard InChI is InChI=1S/C31H49N3O.C7H6F2.C3H6O/c1-9-22(7)28(17-11-20(3)4)31-33-29-19-24(27(10-2)23(8)32)12-18-30(29)34(31)25-13-15-26(16-14-25)35-21(5)6;1-5-2-3-6(8)7(9)4-5;1-3(2)4/h10,12,18-22,25-26,28,32H,9,11,13-17H2,1-8H3;2-4H,1H3;1-2H3/b27-10-,32-23?;;/t22-,25?,26?,28?;;/m1../s1. The third-order valence-electron chi connectivity index (χ3n) is 8.99. The molecule has 1 N–H and O–H groups in total. The zero-order chi connectivity index (χ0) is 36.1. The minimum absolute atomic E-state index is 0.167.